The van der Waals surface area contributed by atoms with Crippen LogP contribution in [0.4, 0.5) is 5.69 Å². The van der Waals surface area contributed by atoms with Crippen LogP contribution in [-0.4, -0.2) is 29.3 Å². The van der Waals surface area contributed by atoms with Crippen LogP contribution in [0.2, 0.25) is 0 Å². The number of carbonyl (C=O) groups is 1. The molecule has 1 aromatic rings. The fraction of sp³-hybridized carbons (Fsp3) is 0.462. The maximum absolute atomic E-state index is 11.1. The number of anilines is 1. The van der Waals surface area contributed by atoms with Crippen molar-refractivity contribution in [2.45, 2.75) is 20.3 Å². The van der Waals surface area contributed by atoms with E-state index in [4.69, 9.17) is 10.2 Å². The summed E-state index contributed by atoms with van der Waals surface area (Å²) in [5, 5.41) is 21.0. The Morgan fingerprint density at radius 1 is 1.47 bits per heavy atom. The van der Waals surface area contributed by atoms with Gasteiger partial charge in [0.25, 0.3) is 0 Å². The molecule has 3 N–H and O–H groups in total. The number of aryl methyl sites for hydroxylation is 1. The molecule has 94 valence electrons. The van der Waals surface area contributed by atoms with Gasteiger partial charge in [-0.1, -0.05) is 18.6 Å². The Morgan fingerprint density at radius 3 is 2.76 bits per heavy atom. The average molecular weight is 237 g/mol. The Labute approximate surface area is 101 Å². The van der Waals surface area contributed by atoms with E-state index in [0.29, 0.717) is 30.1 Å². The lowest BCUT2D eigenvalue weighted by molar-refractivity contribution is 0.0697. The zero-order valence-corrected chi connectivity index (χ0v) is 10.2. The molecule has 0 bridgehead atoms. The summed E-state index contributed by atoms with van der Waals surface area (Å²) in [5.41, 5.74) is 1.85. The van der Waals surface area contributed by atoms with Crippen molar-refractivity contribution in [3.63, 3.8) is 0 Å². The number of carboxylic acids is 1. The van der Waals surface area contributed by atoms with Gasteiger partial charge in [-0.2, -0.15) is 0 Å². The average Bonchev–Trinajstić information content (AvgIpc) is 2.27. The molecule has 1 aromatic carbocycles. The van der Waals surface area contributed by atoms with Gasteiger partial charge in [0.2, 0.25) is 0 Å². The van der Waals surface area contributed by atoms with Crippen LogP contribution in [0, 0.1) is 12.8 Å². The predicted octanol–water partition coefficient (Wildman–Crippen LogP) is 2.12. The van der Waals surface area contributed by atoms with Gasteiger partial charge in [-0.25, -0.2) is 4.79 Å². The van der Waals surface area contributed by atoms with E-state index in [1.807, 2.05) is 19.9 Å². The minimum atomic E-state index is -0.925. The summed E-state index contributed by atoms with van der Waals surface area (Å²) >= 11 is 0. The third-order valence-corrected chi connectivity index (χ3v) is 2.67. The number of benzene rings is 1. The van der Waals surface area contributed by atoms with E-state index in [1.54, 1.807) is 12.1 Å². The fourth-order valence-corrected chi connectivity index (χ4v) is 1.60. The van der Waals surface area contributed by atoms with Gasteiger partial charge in [0.05, 0.1) is 5.56 Å². The van der Waals surface area contributed by atoms with Crippen LogP contribution in [-0.2, 0) is 0 Å². The number of hydrogen-bond donors (Lipinski definition) is 3. The molecule has 17 heavy (non-hydrogen) atoms. The summed E-state index contributed by atoms with van der Waals surface area (Å²) in [7, 11) is 0. The first kappa shape index (κ1) is 13.5. The lowest BCUT2D eigenvalue weighted by Gasteiger charge is -2.14. The van der Waals surface area contributed by atoms with Gasteiger partial charge in [0.1, 0.15) is 0 Å². The van der Waals surface area contributed by atoms with Crippen LogP contribution >= 0.6 is 0 Å². The van der Waals surface area contributed by atoms with Crippen molar-refractivity contribution in [2.24, 2.45) is 5.92 Å². The van der Waals surface area contributed by atoms with Crippen molar-refractivity contribution in [2.75, 3.05) is 18.5 Å². The molecule has 0 fully saturated rings. The van der Waals surface area contributed by atoms with Crippen LogP contribution < -0.4 is 5.32 Å². The summed E-state index contributed by atoms with van der Waals surface area (Å²) in [6.07, 6.45) is 0.710. The number of nitrogens with one attached hydrogen (secondary N) is 1. The molecule has 4 nitrogen and oxygen atoms in total. The quantitative estimate of drug-likeness (QED) is 0.709. The van der Waals surface area contributed by atoms with Crippen molar-refractivity contribution >= 4 is 11.7 Å². The largest absolute Gasteiger partial charge is 0.478 e. The maximum atomic E-state index is 11.1. The molecule has 0 radical (unpaired) electrons. The van der Waals surface area contributed by atoms with E-state index in [-0.39, 0.29) is 6.61 Å². The first-order valence-corrected chi connectivity index (χ1v) is 5.73. The second-order valence-electron chi connectivity index (χ2n) is 4.35. The van der Waals surface area contributed by atoms with Crippen LogP contribution in [0.15, 0.2) is 18.2 Å². The zero-order chi connectivity index (χ0) is 12.8. The molecule has 0 aliphatic heterocycles. The summed E-state index contributed by atoms with van der Waals surface area (Å²) in [6, 6.07) is 5.32. The Hall–Kier alpha value is -1.55. The van der Waals surface area contributed by atoms with Gasteiger partial charge in [-0.05, 0) is 31.4 Å². The highest BCUT2D eigenvalue weighted by Gasteiger charge is 2.10. The Morgan fingerprint density at radius 2 is 2.18 bits per heavy atom. The number of aliphatic hydroxyl groups is 1. The molecular formula is C13H19NO3. The molecule has 0 aliphatic carbocycles. The molecule has 0 amide bonds. The molecule has 0 spiro atoms. The molecule has 4 heteroatoms. The SMILES string of the molecule is Cc1ccc(NCC(C)CCO)c(C(=O)O)c1. The van der Waals surface area contributed by atoms with Gasteiger partial charge >= 0.3 is 5.97 Å². The molecule has 0 aliphatic rings. The third-order valence-electron chi connectivity index (χ3n) is 2.67. The Kier molecular flexibility index (Phi) is 4.97. The lowest BCUT2D eigenvalue weighted by atomic mass is 10.1. The van der Waals surface area contributed by atoms with Crippen molar-refractivity contribution in [3.8, 4) is 0 Å². The van der Waals surface area contributed by atoms with Gasteiger partial charge in [0, 0.05) is 18.8 Å². The smallest absolute Gasteiger partial charge is 0.337 e. The van der Waals surface area contributed by atoms with Crippen molar-refractivity contribution in [1.29, 1.82) is 0 Å². The van der Waals surface area contributed by atoms with E-state index in [1.165, 1.54) is 0 Å². The van der Waals surface area contributed by atoms with E-state index in [2.05, 4.69) is 5.32 Å². The molecule has 0 aromatic heterocycles. The third kappa shape index (κ3) is 4.07. The van der Waals surface area contributed by atoms with Gasteiger partial charge < -0.3 is 15.5 Å². The van der Waals surface area contributed by atoms with E-state index >= 15 is 0 Å². The molecule has 0 heterocycles. The number of carboxylic acid groups (broad SMARTS) is 1. The second kappa shape index (κ2) is 6.25. The molecular weight excluding hydrogens is 218 g/mol. The Balaban J connectivity index is 2.73. The second-order valence-corrected chi connectivity index (χ2v) is 4.35. The molecule has 0 saturated carbocycles. The number of aromatic carboxylic acids is 1. The normalized spacial score (nSPS) is 12.2. The van der Waals surface area contributed by atoms with E-state index < -0.39 is 5.97 Å². The highest BCUT2D eigenvalue weighted by molar-refractivity contribution is 5.94. The number of hydrogen-bond acceptors (Lipinski definition) is 3. The summed E-state index contributed by atoms with van der Waals surface area (Å²) in [4.78, 5) is 11.1. The summed E-state index contributed by atoms with van der Waals surface area (Å²) < 4.78 is 0. The molecule has 1 rings (SSSR count). The molecule has 1 atom stereocenters. The fourth-order valence-electron chi connectivity index (χ4n) is 1.60. The predicted molar refractivity (Wildman–Crippen MR) is 67.5 cm³/mol. The highest BCUT2D eigenvalue weighted by Crippen LogP contribution is 2.18. The lowest BCUT2D eigenvalue weighted by Crippen LogP contribution is -2.14. The van der Waals surface area contributed by atoms with Crippen molar-refractivity contribution in [3.05, 3.63) is 29.3 Å². The Bertz CT molecular complexity index is 390. The minimum absolute atomic E-state index is 0.155. The van der Waals surface area contributed by atoms with Gasteiger partial charge in [-0.3, -0.25) is 0 Å². The van der Waals surface area contributed by atoms with Crippen molar-refractivity contribution in [1.82, 2.24) is 0 Å². The minimum Gasteiger partial charge on any atom is -0.478 e. The first-order chi connectivity index (χ1) is 8.04. The summed E-state index contributed by atoms with van der Waals surface area (Å²) in [6.45, 7) is 4.69. The maximum Gasteiger partial charge on any atom is 0.337 e. The van der Waals surface area contributed by atoms with Crippen LogP contribution in [0.5, 0.6) is 0 Å². The van der Waals surface area contributed by atoms with Crippen LogP contribution in [0.3, 0.4) is 0 Å². The highest BCUT2D eigenvalue weighted by atomic mass is 16.4. The monoisotopic (exact) mass is 237 g/mol. The van der Waals surface area contributed by atoms with Crippen LogP contribution in [0.25, 0.3) is 0 Å². The number of aliphatic hydroxyl groups excluding tert-OH is 1. The topological polar surface area (TPSA) is 69.6 Å². The zero-order valence-electron chi connectivity index (χ0n) is 10.2. The number of rotatable bonds is 6. The van der Waals surface area contributed by atoms with Gasteiger partial charge in [-0.15, -0.1) is 0 Å². The van der Waals surface area contributed by atoms with E-state index in [0.717, 1.165) is 5.56 Å². The first-order valence-electron chi connectivity index (χ1n) is 5.73. The van der Waals surface area contributed by atoms with Crippen LogP contribution in [0.1, 0.15) is 29.3 Å². The van der Waals surface area contributed by atoms with E-state index in [9.17, 15) is 4.79 Å². The van der Waals surface area contributed by atoms with Crippen molar-refractivity contribution < 1.29 is 15.0 Å². The standard InChI is InChI=1S/C13H19NO3/c1-9-3-4-12(11(7-9)13(16)17)14-8-10(2)5-6-15/h3-4,7,10,14-15H,5-6,8H2,1-2H3,(H,16,17). The summed E-state index contributed by atoms with van der Waals surface area (Å²) in [5.74, 6) is -0.617. The molecule has 1 unspecified atom stereocenters. The molecule has 0 saturated heterocycles. The van der Waals surface area contributed by atoms with Gasteiger partial charge in [0.15, 0.2) is 0 Å².